The van der Waals surface area contributed by atoms with Crippen molar-refractivity contribution in [2.45, 2.75) is 25.7 Å². The van der Waals surface area contributed by atoms with E-state index in [0.29, 0.717) is 30.2 Å². The number of halogens is 1. The number of likely N-dealkylation sites (tertiary alicyclic amines) is 1. The Bertz CT molecular complexity index is 850. The molecule has 3 rings (SSSR count). The molecule has 0 saturated carbocycles. The molecule has 0 N–H and O–H groups in total. The molecule has 0 spiro atoms. The van der Waals surface area contributed by atoms with Crippen LogP contribution >= 0.6 is 27.7 Å². The van der Waals surface area contributed by atoms with Crippen molar-refractivity contribution in [2.75, 3.05) is 33.9 Å². The molecule has 0 bridgehead atoms. The lowest BCUT2D eigenvalue weighted by Crippen LogP contribution is -2.42. The number of methoxy groups -OCH3 is 2. The van der Waals surface area contributed by atoms with Gasteiger partial charge in [0, 0.05) is 23.1 Å². The first-order valence-corrected chi connectivity index (χ1v) is 11.0. The second-order valence-corrected chi connectivity index (χ2v) is 8.70. The van der Waals surface area contributed by atoms with Gasteiger partial charge in [-0.1, -0.05) is 28.8 Å². The van der Waals surface area contributed by atoms with Gasteiger partial charge in [-0.3, -0.25) is 19.3 Å². The van der Waals surface area contributed by atoms with Gasteiger partial charge in [-0.2, -0.15) is 0 Å². The van der Waals surface area contributed by atoms with Crippen LogP contribution in [0.4, 0.5) is 4.79 Å². The molecule has 0 aliphatic carbocycles. The minimum absolute atomic E-state index is 0.183. The van der Waals surface area contributed by atoms with Crippen LogP contribution in [0.2, 0.25) is 0 Å². The summed E-state index contributed by atoms with van der Waals surface area (Å²) in [6, 6.07) is 3.53. The molecule has 2 aliphatic rings. The Morgan fingerprint density at radius 3 is 2.45 bits per heavy atom. The number of carbonyl (C=O) groups is 3. The van der Waals surface area contributed by atoms with Crippen LogP contribution in [-0.4, -0.2) is 60.7 Å². The maximum absolute atomic E-state index is 12.8. The number of nitrogens with zero attached hydrogens (tertiary/aromatic N) is 2. The molecule has 1 aromatic rings. The fourth-order valence-corrected chi connectivity index (χ4v) is 4.68. The third-order valence-corrected chi connectivity index (χ3v) is 6.25. The van der Waals surface area contributed by atoms with E-state index in [4.69, 9.17) is 9.47 Å². The number of hydrogen-bond acceptors (Lipinski definition) is 6. The van der Waals surface area contributed by atoms with Gasteiger partial charge in [-0.25, -0.2) is 0 Å². The molecule has 29 heavy (non-hydrogen) atoms. The first kappa shape index (κ1) is 21.7. The van der Waals surface area contributed by atoms with Gasteiger partial charge in [-0.15, -0.1) is 0 Å². The van der Waals surface area contributed by atoms with Gasteiger partial charge >= 0.3 is 0 Å². The Morgan fingerprint density at radius 2 is 1.83 bits per heavy atom. The topological polar surface area (TPSA) is 76.2 Å². The highest BCUT2D eigenvalue weighted by Gasteiger charge is 2.37. The smallest absolute Gasteiger partial charge is 0.294 e. The molecule has 3 amide bonds. The molecule has 2 aliphatic heterocycles. The Balaban J connectivity index is 1.80. The first-order valence-electron chi connectivity index (χ1n) is 9.39. The average molecular weight is 483 g/mol. The second-order valence-electron chi connectivity index (χ2n) is 6.79. The van der Waals surface area contributed by atoms with E-state index in [1.165, 1.54) is 14.2 Å². The second kappa shape index (κ2) is 9.67. The largest absolute Gasteiger partial charge is 0.493 e. The maximum atomic E-state index is 12.8. The number of imide groups is 1. The highest BCUT2D eigenvalue weighted by atomic mass is 79.9. The van der Waals surface area contributed by atoms with E-state index in [9.17, 15) is 14.4 Å². The minimum Gasteiger partial charge on any atom is -0.493 e. The van der Waals surface area contributed by atoms with Gasteiger partial charge in [0.05, 0.1) is 19.1 Å². The van der Waals surface area contributed by atoms with Crippen molar-refractivity contribution in [3.8, 4) is 11.5 Å². The predicted molar refractivity (Wildman–Crippen MR) is 115 cm³/mol. The molecular weight excluding hydrogens is 460 g/mol. The van der Waals surface area contributed by atoms with Gasteiger partial charge < -0.3 is 14.4 Å². The summed E-state index contributed by atoms with van der Waals surface area (Å²) in [5.74, 6) is 0.313. The molecule has 2 saturated heterocycles. The molecule has 0 unspecified atom stereocenters. The Kier molecular flexibility index (Phi) is 7.23. The summed E-state index contributed by atoms with van der Waals surface area (Å²) in [6.45, 7) is 1.14. The summed E-state index contributed by atoms with van der Waals surface area (Å²) in [4.78, 5) is 40.8. The van der Waals surface area contributed by atoms with Crippen molar-refractivity contribution >= 4 is 50.8 Å². The van der Waals surface area contributed by atoms with Crippen molar-refractivity contribution in [3.63, 3.8) is 0 Å². The summed E-state index contributed by atoms with van der Waals surface area (Å²) in [7, 11) is 3.03. The molecule has 0 atom stereocenters. The van der Waals surface area contributed by atoms with Crippen molar-refractivity contribution < 1.29 is 23.9 Å². The summed E-state index contributed by atoms with van der Waals surface area (Å²) in [5, 5.41) is -0.439. The molecule has 2 fully saturated rings. The highest BCUT2D eigenvalue weighted by molar-refractivity contribution is 9.10. The molecule has 2 heterocycles. The zero-order chi connectivity index (χ0) is 21.0. The fourth-order valence-electron chi connectivity index (χ4n) is 3.40. The zero-order valence-corrected chi connectivity index (χ0v) is 18.8. The summed E-state index contributed by atoms with van der Waals surface area (Å²) < 4.78 is 11.5. The predicted octanol–water partition coefficient (Wildman–Crippen LogP) is 3.91. The van der Waals surface area contributed by atoms with E-state index < -0.39 is 11.1 Å². The Hall–Kier alpha value is -2.00. The quantitative estimate of drug-likeness (QED) is 0.592. The van der Waals surface area contributed by atoms with Crippen LogP contribution in [0, 0.1) is 0 Å². The lowest BCUT2D eigenvalue weighted by molar-refractivity contribution is -0.135. The van der Waals surface area contributed by atoms with E-state index in [0.717, 1.165) is 46.8 Å². The monoisotopic (exact) mass is 482 g/mol. The number of amides is 3. The van der Waals surface area contributed by atoms with Gasteiger partial charge in [0.2, 0.25) is 5.91 Å². The van der Waals surface area contributed by atoms with E-state index in [2.05, 4.69) is 15.9 Å². The van der Waals surface area contributed by atoms with Crippen molar-refractivity contribution in [1.82, 2.24) is 9.80 Å². The number of rotatable bonds is 5. The maximum Gasteiger partial charge on any atom is 0.294 e. The van der Waals surface area contributed by atoms with Crippen LogP contribution < -0.4 is 9.47 Å². The van der Waals surface area contributed by atoms with Gasteiger partial charge in [0.1, 0.15) is 6.54 Å². The third-order valence-electron chi connectivity index (χ3n) is 4.88. The van der Waals surface area contributed by atoms with Crippen molar-refractivity contribution in [1.29, 1.82) is 0 Å². The van der Waals surface area contributed by atoms with Crippen LogP contribution in [0.5, 0.6) is 11.5 Å². The summed E-state index contributed by atoms with van der Waals surface area (Å²) in [5.41, 5.74) is 0.600. The Labute approximate surface area is 182 Å². The van der Waals surface area contributed by atoms with Gasteiger partial charge in [0.15, 0.2) is 11.5 Å². The molecule has 156 valence electrons. The lowest BCUT2D eigenvalue weighted by Gasteiger charge is -2.22. The SMILES string of the molecule is COc1cc(Br)cc(C=C2SC(=O)N(CC(=O)N3CCCCCC3)C2=O)c1OC. The van der Waals surface area contributed by atoms with Crippen LogP contribution in [-0.2, 0) is 9.59 Å². The van der Waals surface area contributed by atoms with E-state index >= 15 is 0 Å². The molecule has 9 heteroatoms. The van der Waals surface area contributed by atoms with Crippen molar-refractivity contribution in [3.05, 3.63) is 27.1 Å². The molecular formula is C20H23BrN2O5S. The average Bonchev–Trinajstić information content (AvgIpc) is 2.90. The van der Waals surface area contributed by atoms with E-state index in [1.807, 2.05) is 0 Å². The summed E-state index contributed by atoms with van der Waals surface area (Å²) >= 11 is 4.23. The number of benzene rings is 1. The number of thioether (sulfide) groups is 1. The van der Waals surface area contributed by atoms with Crippen molar-refractivity contribution in [2.24, 2.45) is 0 Å². The first-order chi connectivity index (χ1) is 13.9. The fraction of sp³-hybridized carbons (Fsp3) is 0.450. The number of carbonyl (C=O) groups excluding carboxylic acids is 3. The van der Waals surface area contributed by atoms with E-state index in [1.54, 1.807) is 23.1 Å². The van der Waals surface area contributed by atoms with Crippen LogP contribution in [0.15, 0.2) is 21.5 Å². The van der Waals surface area contributed by atoms with Gasteiger partial charge in [-0.05, 0) is 42.8 Å². The van der Waals surface area contributed by atoms with Crippen LogP contribution in [0.1, 0.15) is 31.2 Å². The molecule has 0 aromatic heterocycles. The van der Waals surface area contributed by atoms with Crippen LogP contribution in [0.3, 0.4) is 0 Å². The summed E-state index contributed by atoms with van der Waals surface area (Å²) in [6.07, 6.45) is 5.71. The highest BCUT2D eigenvalue weighted by Crippen LogP contribution is 2.39. The normalized spacial score (nSPS) is 18.9. The zero-order valence-electron chi connectivity index (χ0n) is 16.4. The lowest BCUT2D eigenvalue weighted by atomic mass is 10.1. The van der Waals surface area contributed by atoms with E-state index in [-0.39, 0.29) is 17.4 Å². The number of ether oxygens (including phenoxy) is 2. The molecule has 1 aromatic carbocycles. The standard InChI is InChI=1S/C20H23BrN2O5S/c1-27-15-11-14(21)9-13(18(15)28-2)10-16-19(25)23(20(26)29-16)12-17(24)22-7-5-3-4-6-8-22/h9-11H,3-8,12H2,1-2H3. The van der Waals surface area contributed by atoms with Gasteiger partial charge in [0.25, 0.3) is 11.1 Å². The molecule has 7 nitrogen and oxygen atoms in total. The molecule has 0 radical (unpaired) electrons. The van der Waals surface area contributed by atoms with Crippen LogP contribution in [0.25, 0.3) is 6.08 Å². The third kappa shape index (κ3) is 4.95. The Morgan fingerprint density at radius 1 is 1.14 bits per heavy atom. The number of hydrogen-bond donors (Lipinski definition) is 0. The minimum atomic E-state index is -0.468.